The van der Waals surface area contributed by atoms with Crippen molar-refractivity contribution in [3.8, 4) is 0 Å². The van der Waals surface area contributed by atoms with Gasteiger partial charge in [0.25, 0.3) is 0 Å². The molecule has 3 heteroatoms. The largest absolute Gasteiger partial charge is 0.345 e. The van der Waals surface area contributed by atoms with Gasteiger partial charge in [-0.25, -0.2) is 0 Å². The van der Waals surface area contributed by atoms with Gasteiger partial charge in [-0.3, -0.25) is 4.79 Å². The van der Waals surface area contributed by atoms with Gasteiger partial charge < -0.3 is 10.6 Å². The lowest BCUT2D eigenvalue weighted by Gasteiger charge is -2.30. The summed E-state index contributed by atoms with van der Waals surface area (Å²) < 4.78 is 0. The Morgan fingerprint density at radius 1 is 1.47 bits per heavy atom. The summed E-state index contributed by atoms with van der Waals surface area (Å²) >= 11 is 0. The van der Waals surface area contributed by atoms with Gasteiger partial charge in [-0.05, 0) is 18.4 Å². The van der Waals surface area contributed by atoms with E-state index in [-0.39, 0.29) is 17.2 Å². The zero-order valence-corrected chi connectivity index (χ0v) is 10.8. The second kappa shape index (κ2) is 6.11. The van der Waals surface area contributed by atoms with Gasteiger partial charge in [-0.1, -0.05) is 34.1 Å². The topological polar surface area (TPSA) is 46.3 Å². The Balaban J connectivity index is 4.21. The van der Waals surface area contributed by atoms with Crippen LogP contribution in [0.15, 0.2) is 0 Å². The molecule has 1 unspecified atom stereocenters. The van der Waals surface area contributed by atoms with Gasteiger partial charge in [0.2, 0.25) is 5.91 Å². The number of hydrogen-bond acceptors (Lipinski definition) is 2. The molecule has 0 spiro atoms. The van der Waals surface area contributed by atoms with Crippen LogP contribution in [0.5, 0.6) is 0 Å². The van der Waals surface area contributed by atoms with Crippen molar-refractivity contribution in [1.29, 1.82) is 0 Å². The van der Waals surface area contributed by atoms with E-state index >= 15 is 0 Å². The first-order chi connectivity index (χ1) is 6.84. The maximum Gasteiger partial charge on any atom is 0.225 e. The van der Waals surface area contributed by atoms with E-state index in [0.717, 1.165) is 19.4 Å². The molecule has 15 heavy (non-hydrogen) atoms. The Bertz CT molecular complexity index is 202. The van der Waals surface area contributed by atoms with Crippen LogP contribution < -0.4 is 5.73 Å². The van der Waals surface area contributed by atoms with Crippen molar-refractivity contribution >= 4 is 5.91 Å². The molecule has 0 saturated carbocycles. The van der Waals surface area contributed by atoms with Crippen LogP contribution in [0.2, 0.25) is 0 Å². The number of carbonyl (C=O) groups is 1. The molecular formula is C12H26N2O. The fourth-order valence-corrected chi connectivity index (χ4v) is 1.72. The van der Waals surface area contributed by atoms with Crippen LogP contribution in [0, 0.1) is 11.3 Å². The van der Waals surface area contributed by atoms with Crippen LogP contribution in [-0.4, -0.2) is 30.9 Å². The van der Waals surface area contributed by atoms with Crippen molar-refractivity contribution < 1.29 is 4.79 Å². The molecule has 1 atom stereocenters. The molecular weight excluding hydrogens is 188 g/mol. The summed E-state index contributed by atoms with van der Waals surface area (Å²) in [7, 11) is 1.87. The zero-order chi connectivity index (χ0) is 12.1. The Kier molecular flexibility index (Phi) is 5.88. The third kappa shape index (κ3) is 5.17. The van der Waals surface area contributed by atoms with Crippen LogP contribution in [0.3, 0.4) is 0 Å². The first-order valence-corrected chi connectivity index (χ1v) is 5.79. The summed E-state index contributed by atoms with van der Waals surface area (Å²) in [6.45, 7) is 9.61. The SMILES string of the molecule is CCCC(C)C(=O)N(C)CC(C)(C)CN. The quantitative estimate of drug-likeness (QED) is 0.733. The van der Waals surface area contributed by atoms with E-state index in [1.165, 1.54) is 0 Å². The van der Waals surface area contributed by atoms with Crippen LogP contribution in [-0.2, 0) is 4.79 Å². The van der Waals surface area contributed by atoms with Crippen LogP contribution >= 0.6 is 0 Å². The van der Waals surface area contributed by atoms with Crippen molar-refractivity contribution in [3.63, 3.8) is 0 Å². The Morgan fingerprint density at radius 3 is 2.40 bits per heavy atom. The minimum atomic E-state index is 0.0103. The highest BCUT2D eigenvalue weighted by Crippen LogP contribution is 2.16. The number of nitrogens with zero attached hydrogens (tertiary/aromatic N) is 1. The predicted octanol–water partition coefficient (Wildman–Crippen LogP) is 1.87. The average Bonchev–Trinajstić information content (AvgIpc) is 2.16. The monoisotopic (exact) mass is 214 g/mol. The van der Waals surface area contributed by atoms with Gasteiger partial charge in [-0.2, -0.15) is 0 Å². The van der Waals surface area contributed by atoms with Gasteiger partial charge >= 0.3 is 0 Å². The first kappa shape index (κ1) is 14.4. The third-order valence-electron chi connectivity index (χ3n) is 2.74. The van der Waals surface area contributed by atoms with E-state index in [2.05, 4.69) is 20.8 Å². The molecule has 0 aliphatic rings. The highest BCUT2D eigenvalue weighted by Gasteiger charge is 2.23. The molecule has 0 bridgehead atoms. The second-order valence-corrected chi connectivity index (χ2v) is 5.25. The molecule has 1 amide bonds. The number of amides is 1. The highest BCUT2D eigenvalue weighted by atomic mass is 16.2. The molecule has 0 saturated heterocycles. The van der Waals surface area contributed by atoms with E-state index in [9.17, 15) is 4.79 Å². The summed E-state index contributed by atoms with van der Waals surface area (Å²) in [4.78, 5) is 13.7. The lowest BCUT2D eigenvalue weighted by atomic mass is 9.92. The van der Waals surface area contributed by atoms with Crippen molar-refractivity contribution in [2.75, 3.05) is 20.1 Å². The zero-order valence-electron chi connectivity index (χ0n) is 10.8. The van der Waals surface area contributed by atoms with Crippen LogP contribution in [0.1, 0.15) is 40.5 Å². The molecule has 0 aromatic carbocycles. The minimum Gasteiger partial charge on any atom is -0.345 e. The lowest BCUT2D eigenvalue weighted by molar-refractivity contribution is -0.135. The van der Waals surface area contributed by atoms with Gasteiger partial charge in [-0.15, -0.1) is 0 Å². The first-order valence-electron chi connectivity index (χ1n) is 5.79. The number of nitrogens with two attached hydrogens (primary N) is 1. The third-order valence-corrected chi connectivity index (χ3v) is 2.74. The van der Waals surface area contributed by atoms with Gasteiger partial charge in [0.1, 0.15) is 0 Å². The van der Waals surface area contributed by atoms with E-state index in [0.29, 0.717) is 6.54 Å². The average molecular weight is 214 g/mol. The number of hydrogen-bond donors (Lipinski definition) is 1. The minimum absolute atomic E-state index is 0.0103. The molecule has 90 valence electrons. The molecule has 3 nitrogen and oxygen atoms in total. The maximum absolute atomic E-state index is 11.9. The molecule has 0 aromatic rings. The molecule has 0 radical (unpaired) electrons. The van der Waals surface area contributed by atoms with Crippen molar-refractivity contribution in [2.24, 2.45) is 17.1 Å². The fourth-order valence-electron chi connectivity index (χ4n) is 1.72. The fraction of sp³-hybridized carbons (Fsp3) is 0.917. The summed E-state index contributed by atoms with van der Waals surface area (Å²) in [6, 6.07) is 0. The van der Waals surface area contributed by atoms with Crippen LogP contribution in [0.4, 0.5) is 0 Å². The smallest absolute Gasteiger partial charge is 0.225 e. The predicted molar refractivity (Wildman–Crippen MR) is 64.5 cm³/mol. The lowest BCUT2D eigenvalue weighted by Crippen LogP contribution is -2.41. The summed E-state index contributed by atoms with van der Waals surface area (Å²) in [5.41, 5.74) is 5.66. The Hall–Kier alpha value is -0.570. The Labute approximate surface area is 94.0 Å². The van der Waals surface area contributed by atoms with Crippen molar-refractivity contribution in [3.05, 3.63) is 0 Å². The number of carbonyl (C=O) groups excluding carboxylic acids is 1. The highest BCUT2D eigenvalue weighted by molar-refractivity contribution is 5.78. The molecule has 0 aliphatic carbocycles. The molecule has 0 aliphatic heterocycles. The summed E-state index contributed by atoms with van der Waals surface area (Å²) in [5, 5.41) is 0. The van der Waals surface area contributed by atoms with Gasteiger partial charge in [0, 0.05) is 19.5 Å². The molecule has 0 fully saturated rings. The molecule has 0 heterocycles. The van der Waals surface area contributed by atoms with E-state index in [1.54, 1.807) is 0 Å². The van der Waals surface area contributed by atoms with E-state index in [1.807, 2.05) is 18.9 Å². The summed E-state index contributed by atoms with van der Waals surface area (Å²) in [6.07, 6.45) is 2.02. The standard InChI is InChI=1S/C12H26N2O/c1-6-7-10(2)11(15)14(5)9-12(3,4)8-13/h10H,6-9,13H2,1-5H3. The van der Waals surface area contributed by atoms with E-state index < -0.39 is 0 Å². The second-order valence-electron chi connectivity index (χ2n) is 5.25. The molecule has 0 rings (SSSR count). The van der Waals surface area contributed by atoms with Gasteiger partial charge in [0.15, 0.2) is 0 Å². The molecule has 2 N–H and O–H groups in total. The van der Waals surface area contributed by atoms with Crippen LogP contribution in [0.25, 0.3) is 0 Å². The number of rotatable bonds is 6. The van der Waals surface area contributed by atoms with Crippen molar-refractivity contribution in [2.45, 2.75) is 40.5 Å². The maximum atomic E-state index is 11.9. The summed E-state index contributed by atoms with van der Waals surface area (Å²) in [5.74, 6) is 0.368. The van der Waals surface area contributed by atoms with Crippen molar-refractivity contribution in [1.82, 2.24) is 4.90 Å². The normalized spacial score (nSPS) is 13.7. The Morgan fingerprint density at radius 2 is 2.00 bits per heavy atom. The van der Waals surface area contributed by atoms with E-state index in [4.69, 9.17) is 5.73 Å². The molecule has 0 aromatic heterocycles. The van der Waals surface area contributed by atoms with Gasteiger partial charge in [0.05, 0.1) is 0 Å².